The number of carbonyl (C=O) groups is 1. The van der Waals surface area contributed by atoms with E-state index in [0.717, 1.165) is 25.8 Å². The second kappa shape index (κ2) is 5.58. The molecule has 1 aliphatic rings. The summed E-state index contributed by atoms with van der Waals surface area (Å²) in [4.78, 5) is 11.9. The fourth-order valence-corrected chi connectivity index (χ4v) is 2.55. The van der Waals surface area contributed by atoms with Gasteiger partial charge >= 0.3 is 6.03 Å². The molecule has 1 saturated heterocycles. The SMILES string of the molecule is CS(=O)(=O)c1ccc(NC(=O)NC2CCNC2)cc1. The van der Waals surface area contributed by atoms with Crippen molar-refractivity contribution in [2.45, 2.75) is 17.4 Å². The molecule has 1 atom stereocenters. The van der Waals surface area contributed by atoms with Crippen LogP contribution in [0.2, 0.25) is 0 Å². The fraction of sp³-hybridized carbons (Fsp3) is 0.417. The van der Waals surface area contributed by atoms with E-state index in [1.54, 1.807) is 12.1 Å². The third-order valence-corrected chi connectivity index (χ3v) is 4.06. The van der Waals surface area contributed by atoms with E-state index in [1.807, 2.05) is 0 Å². The van der Waals surface area contributed by atoms with Crippen LogP contribution < -0.4 is 16.0 Å². The molecule has 1 aromatic carbocycles. The Kier molecular flexibility index (Phi) is 4.06. The van der Waals surface area contributed by atoms with Crippen LogP contribution >= 0.6 is 0 Å². The number of rotatable bonds is 3. The van der Waals surface area contributed by atoms with Crippen LogP contribution in [0, 0.1) is 0 Å². The van der Waals surface area contributed by atoms with E-state index in [-0.39, 0.29) is 17.0 Å². The second-order valence-corrected chi connectivity index (χ2v) is 6.60. The van der Waals surface area contributed by atoms with E-state index >= 15 is 0 Å². The highest BCUT2D eigenvalue weighted by atomic mass is 32.2. The molecular weight excluding hydrogens is 266 g/mol. The van der Waals surface area contributed by atoms with Gasteiger partial charge in [0.2, 0.25) is 0 Å². The van der Waals surface area contributed by atoms with Gasteiger partial charge in [0, 0.05) is 24.5 Å². The van der Waals surface area contributed by atoms with Gasteiger partial charge in [0.05, 0.1) is 4.90 Å². The van der Waals surface area contributed by atoms with E-state index in [9.17, 15) is 13.2 Å². The van der Waals surface area contributed by atoms with Crippen LogP contribution in [0.4, 0.5) is 10.5 Å². The quantitative estimate of drug-likeness (QED) is 0.757. The summed E-state index contributed by atoms with van der Waals surface area (Å²) in [6.07, 6.45) is 2.07. The van der Waals surface area contributed by atoms with Crippen LogP contribution in [0.3, 0.4) is 0 Å². The number of hydrogen-bond donors (Lipinski definition) is 3. The lowest BCUT2D eigenvalue weighted by atomic mass is 10.3. The van der Waals surface area contributed by atoms with Crippen molar-refractivity contribution in [3.8, 4) is 0 Å². The van der Waals surface area contributed by atoms with Crippen molar-refractivity contribution in [1.29, 1.82) is 0 Å². The number of carbonyl (C=O) groups excluding carboxylic acids is 1. The van der Waals surface area contributed by atoms with Gasteiger partial charge in [0.25, 0.3) is 0 Å². The van der Waals surface area contributed by atoms with Crippen LogP contribution in [-0.4, -0.2) is 39.8 Å². The molecule has 1 fully saturated rings. The van der Waals surface area contributed by atoms with E-state index in [0.29, 0.717) is 5.69 Å². The largest absolute Gasteiger partial charge is 0.334 e. The summed E-state index contributed by atoms with van der Waals surface area (Å²) in [6, 6.07) is 5.96. The highest BCUT2D eigenvalue weighted by Crippen LogP contribution is 2.13. The van der Waals surface area contributed by atoms with Crippen LogP contribution in [0.25, 0.3) is 0 Å². The average molecular weight is 283 g/mol. The van der Waals surface area contributed by atoms with Crippen molar-refractivity contribution >= 4 is 21.6 Å². The number of sulfone groups is 1. The maximum atomic E-state index is 11.7. The molecule has 19 heavy (non-hydrogen) atoms. The van der Waals surface area contributed by atoms with Gasteiger partial charge in [-0.3, -0.25) is 0 Å². The molecule has 0 spiro atoms. The van der Waals surface area contributed by atoms with Crippen molar-refractivity contribution in [2.75, 3.05) is 24.7 Å². The zero-order valence-corrected chi connectivity index (χ0v) is 11.5. The van der Waals surface area contributed by atoms with Gasteiger partial charge in [-0.1, -0.05) is 0 Å². The third-order valence-electron chi connectivity index (χ3n) is 2.94. The predicted octanol–water partition coefficient (Wildman–Crippen LogP) is 0.573. The maximum Gasteiger partial charge on any atom is 0.319 e. The highest BCUT2D eigenvalue weighted by Gasteiger charge is 2.16. The lowest BCUT2D eigenvalue weighted by molar-refractivity contribution is 0.249. The van der Waals surface area contributed by atoms with Gasteiger partial charge in [0.15, 0.2) is 9.84 Å². The summed E-state index contributed by atoms with van der Waals surface area (Å²) in [5.41, 5.74) is 0.566. The first-order valence-corrected chi connectivity index (χ1v) is 7.92. The Bertz CT molecular complexity index is 548. The van der Waals surface area contributed by atoms with E-state index < -0.39 is 9.84 Å². The molecule has 0 aromatic heterocycles. The number of hydrogen-bond acceptors (Lipinski definition) is 4. The standard InChI is InChI=1S/C12H17N3O3S/c1-19(17,18)11-4-2-9(3-5-11)14-12(16)15-10-6-7-13-8-10/h2-5,10,13H,6-8H2,1H3,(H2,14,15,16). The molecular formula is C12H17N3O3S. The molecule has 0 aliphatic carbocycles. The van der Waals surface area contributed by atoms with Crippen LogP contribution in [0.5, 0.6) is 0 Å². The van der Waals surface area contributed by atoms with Crippen molar-refractivity contribution in [3.63, 3.8) is 0 Å². The minimum Gasteiger partial charge on any atom is -0.334 e. The Morgan fingerprint density at radius 3 is 2.53 bits per heavy atom. The normalized spacial score (nSPS) is 19.1. The Hall–Kier alpha value is -1.60. The van der Waals surface area contributed by atoms with E-state index in [1.165, 1.54) is 12.1 Å². The number of urea groups is 1. The summed E-state index contributed by atoms with van der Waals surface area (Å²) in [5, 5.41) is 8.67. The molecule has 2 amide bonds. The zero-order valence-electron chi connectivity index (χ0n) is 10.6. The van der Waals surface area contributed by atoms with Gasteiger partial charge in [0.1, 0.15) is 0 Å². The third kappa shape index (κ3) is 3.93. The van der Waals surface area contributed by atoms with Gasteiger partial charge in [-0.2, -0.15) is 0 Å². The molecule has 0 bridgehead atoms. The van der Waals surface area contributed by atoms with Crippen molar-refractivity contribution < 1.29 is 13.2 Å². The summed E-state index contributed by atoms with van der Waals surface area (Å²) >= 11 is 0. The van der Waals surface area contributed by atoms with Crippen molar-refractivity contribution in [1.82, 2.24) is 10.6 Å². The second-order valence-electron chi connectivity index (χ2n) is 4.58. The smallest absolute Gasteiger partial charge is 0.319 e. The lowest BCUT2D eigenvalue weighted by Gasteiger charge is -2.12. The molecule has 1 aliphatic heterocycles. The lowest BCUT2D eigenvalue weighted by Crippen LogP contribution is -2.39. The van der Waals surface area contributed by atoms with Crippen molar-refractivity contribution in [3.05, 3.63) is 24.3 Å². The number of nitrogens with one attached hydrogen (secondary N) is 3. The molecule has 3 N–H and O–H groups in total. The Balaban J connectivity index is 1.93. The van der Waals surface area contributed by atoms with Gasteiger partial charge < -0.3 is 16.0 Å². The summed E-state index contributed by atoms with van der Waals surface area (Å²) in [6.45, 7) is 1.69. The fourth-order valence-electron chi connectivity index (χ4n) is 1.92. The number of anilines is 1. The van der Waals surface area contributed by atoms with Gasteiger partial charge in [-0.05, 0) is 37.2 Å². The Morgan fingerprint density at radius 2 is 2.00 bits per heavy atom. The first-order chi connectivity index (χ1) is 8.95. The topological polar surface area (TPSA) is 87.3 Å². The molecule has 1 unspecified atom stereocenters. The van der Waals surface area contributed by atoms with Crippen LogP contribution in [0.1, 0.15) is 6.42 Å². The highest BCUT2D eigenvalue weighted by molar-refractivity contribution is 7.90. The van der Waals surface area contributed by atoms with Crippen LogP contribution in [0.15, 0.2) is 29.2 Å². The monoisotopic (exact) mass is 283 g/mol. The van der Waals surface area contributed by atoms with Gasteiger partial charge in [-0.25, -0.2) is 13.2 Å². The van der Waals surface area contributed by atoms with Crippen LogP contribution in [-0.2, 0) is 9.84 Å². The zero-order chi connectivity index (χ0) is 13.9. The number of amides is 2. The first kappa shape index (κ1) is 13.8. The molecule has 6 nitrogen and oxygen atoms in total. The molecule has 2 rings (SSSR count). The maximum absolute atomic E-state index is 11.7. The Morgan fingerprint density at radius 1 is 1.32 bits per heavy atom. The minimum atomic E-state index is -3.20. The molecule has 104 valence electrons. The summed E-state index contributed by atoms with van der Waals surface area (Å²) in [5.74, 6) is 0. The predicted molar refractivity (Wildman–Crippen MR) is 73.0 cm³/mol. The molecule has 7 heteroatoms. The Labute approximate surface area is 112 Å². The summed E-state index contributed by atoms with van der Waals surface area (Å²) < 4.78 is 22.6. The average Bonchev–Trinajstić information content (AvgIpc) is 2.81. The molecule has 0 saturated carbocycles. The molecule has 1 heterocycles. The minimum absolute atomic E-state index is 0.148. The number of benzene rings is 1. The first-order valence-electron chi connectivity index (χ1n) is 6.03. The van der Waals surface area contributed by atoms with Crippen molar-refractivity contribution in [2.24, 2.45) is 0 Å². The van der Waals surface area contributed by atoms with E-state index in [4.69, 9.17) is 0 Å². The summed E-state index contributed by atoms with van der Waals surface area (Å²) in [7, 11) is -3.20. The molecule has 0 radical (unpaired) electrons. The van der Waals surface area contributed by atoms with Gasteiger partial charge in [-0.15, -0.1) is 0 Å². The van der Waals surface area contributed by atoms with E-state index in [2.05, 4.69) is 16.0 Å². The molecule has 1 aromatic rings.